The second kappa shape index (κ2) is 6.98. The summed E-state index contributed by atoms with van der Waals surface area (Å²) < 4.78 is 0. The predicted octanol–water partition coefficient (Wildman–Crippen LogP) is 4.74. The number of hydrogen-bond donors (Lipinski definition) is 1. The molecule has 1 nitrogen and oxygen atoms in total. The lowest BCUT2D eigenvalue weighted by Crippen LogP contribution is -2.02. The molecule has 1 heteroatoms. The minimum absolute atomic E-state index is 1.05. The summed E-state index contributed by atoms with van der Waals surface area (Å²) in [6.45, 7) is 5.37. The van der Waals surface area contributed by atoms with Gasteiger partial charge in [0.25, 0.3) is 0 Å². The van der Waals surface area contributed by atoms with Gasteiger partial charge in [0.2, 0.25) is 0 Å². The molecular formula is C18H23N. The summed E-state index contributed by atoms with van der Waals surface area (Å²) in [4.78, 5) is 0. The highest BCUT2D eigenvalue weighted by Gasteiger charge is 1.96. The fraction of sp³-hybridized carbons (Fsp3) is 0.333. The van der Waals surface area contributed by atoms with E-state index in [0.29, 0.717) is 0 Å². The van der Waals surface area contributed by atoms with E-state index in [1.807, 2.05) is 0 Å². The smallest absolute Gasteiger partial charge is 0.0342 e. The van der Waals surface area contributed by atoms with Crippen LogP contribution >= 0.6 is 0 Å². The fourth-order valence-corrected chi connectivity index (χ4v) is 2.18. The molecule has 19 heavy (non-hydrogen) atoms. The quantitative estimate of drug-likeness (QED) is 0.733. The highest BCUT2D eigenvalue weighted by Crippen LogP contribution is 2.14. The molecule has 0 fully saturated rings. The van der Waals surface area contributed by atoms with E-state index in [1.165, 1.54) is 41.6 Å². The number of nitrogens with one attached hydrogen (secondary N) is 1. The summed E-state index contributed by atoms with van der Waals surface area (Å²) in [5.74, 6) is 0. The van der Waals surface area contributed by atoms with Crippen molar-refractivity contribution in [2.24, 2.45) is 0 Å². The minimum atomic E-state index is 1.05. The monoisotopic (exact) mass is 253 g/mol. The van der Waals surface area contributed by atoms with Crippen molar-refractivity contribution in [3.8, 4) is 0 Å². The predicted molar refractivity (Wildman–Crippen MR) is 83.8 cm³/mol. The van der Waals surface area contributed by atoms with E-state index in [-0.39, 0.29) is 0 Å². The summed E-state index contributed by atoms with van der Waals surface area (Å²) in [7, 11) is 0. The van der Waals surface area contributed by atoms with Crippen LogP contribution in [0.1, 0.15) is 29.5 Å². The molecule has 1 N–H and O–H groups in total. The van der Waals surface area contributed by atoms with Crippen molar-refractivity contribution in [2.75, 3.05) is 11.9 Å². The molecule has 0 spiro atoms. The lowest BCUT2D eigenvalue weighted by atomic mass is 10.1. The molecule has 0 heterocycles. The highest BCUT2D eigenvalue weighted by molar-refractivity contribution is 5.47. The van der Waals surface area contributed by atoms with Crippen LogP contribution in [0.4, 0.5) is 5.69 Å². The number of anilines is 1. The Morgan fingerprint density at radius 3 is 2.37 bits per heavy atom. The first kappa shape index (κ1) is 13.7. The molecule has 2 rings (SSSR count). The van der Waals surface area contributed by atoms with E-state index in [4.69, 9.17) is 0 Å². The zero-order valence-corrected chi connectivity index (χ0v) is 11.9. The van der Waals surface area contributed by atoms with E-state index in [2.05, 4.69) is 67.7 Å². The van der Waals surface area contributed by atoms with Crippen LogP contribution in [0.25, 0.3) is 0 Å². The Morgan fingerprint density at radius 2 is 1.63 bits per heavy atom. The lowest BCUT2D eigenvalue weighted by molar-refractivity contribution is 0.763. The lowest BCUT2D eigenvalue weighted by Gasteiger charge is -2.08. The Kier molecular flexibility index (Phi) is 5.02. The third-order valence-electron chi connectivity index (χ3n) is 3.57. The molecule has 0 aliphatic carbocycles. The van der Waals surface area contributed by atoms with Crippen LogP contribution in [0.5, 0.6) is 0 Å². The Morgan fingerprint density at radius 1 is 0.842 bits per heavy atom. The fourth-order valence-electron chi connectivity index (χ4n) is 2.18. The number of hydrogen-bond acceptors (Lipinski definition) is 1. The molecule has 0 saturated carbocycles. The van der Waals surface area contributed by atoms with Gasteiger partial charge in [-0.25, -0.2) is 0 Å². The number of unbranched alkanes of at least 4 members (excludes halogenated alkanes) is 1. The van der Waals surface area contributed by atoms with E-state index in [1.54, 1.807) is 0 Å². The van der Waals surface area contributed by atoms with Crippen molar-refractivity contribution >= 4 is 5.69 Å². The van der Waals surface area contributed by atoms with Crippen molar-refractivity contribution in [1.82, 2.24) is 0 Å². The zero-order chi connectivity index (χ0) is 13.5. The third-order valence-corrected chi connectivity index (χ3v) is 3.57. The molecule has 0 unspecified atom stereocenters. The van der Waals surface area contributed by atoms with Gasteiger partial charge in [0.15, 0.2) is 0 Å². The molecule has 100 valence electrons. The van der Waals surface area contributed by atoms with E-state index < -0.39 is 0 Å². The second-order valence-corrected chi connectivity index (χ2v) is 5.17. The summed E-state index contributed by atoms with van der Waals surface area (Å²) in [5, 5.41) is 3.50. The average molecular weight is 253 g/mol. The van der Waals surface area contributed by atoms with Crippen LogP contribution in [0.2, 0.25) is 0 Å². The first-order valence-corrected chi connectivity index (χ1v) is 7.11. The first-order chi connectivity index (χ1) is 9.25. The van der Waals surface area contributed by atoms with Crippen LogP contribution in [0, 0.1) is 13.8 Å². The van der Waals surface area contributed by atoms with Crippen molar-refractivity contribution in [2.45, 2.75) is 33.1 Å². The molecule has 0 aliphatic rings. The Hall–Kier alpha value is -1.76. The molecule has 0 aromatic heterocycles. The van der Waals surface area contributed by atoms with Gasteiger partial charge in [0.05, 0.1) is 0 Å². The largest absolute Gasteiger partial charge is 0.385 e. The second-order valence-electron chi connectivity index (χ2n) is 5.17. The first-order valence-electron chi connectivity index (χ1n) is 7.11. The van der Waals surface area contributed by atoms with Crippen molar-refractivity contribution in [1.29, 1.82) is 0 Å². The van der Waals surface area contributed by atoms with Gasteiger partial charge in [-0.05, 0) is 61.9 Å². The van der Waals surface area contributed by atoms with Gasteiger partial charge in [0.1, 0.15) is 0 Å². The van der Waals surface area contributed by atoms with Gasteiger partial charge in [-0.2, -0.15) is 0 Å². The van der Waals surface area contributed by atoms with Crippen LogP contribution in [-0.4, -0.2) is 6.54 Å². The van der Waals surface area contributed by atoms with Gasteiger partial charge >= 0.3 is 0 Å². The Labute approximate surface area is 116 Å². The molecule has 0 atom stereocenters. The summed E-state index contributed by atoms with van der Waals surface area (Å²) in [6.07, 6.45) is 3.62. The molecule has 0 saturated heterocycles. The van der Waals surface area contributed by atoms with Gasteiger partial charge in [0, 0.05) is 12.2 Å². The standard InChI is InChI=1S/C18H23N/c1-15-11-12-18(14-16(15)2)19-13-7-6-10-17-8-4-3-5-9-17/h3-5,8-9,11-12,14,19H,6-7,10,13H2,1-2H3. The summed E-state index contributed by atoms with van der Waals surface area (Å²) in [6, 6.07) is 17.3. The van der Waals surface area contributed by atoms with Crippen LogP contribution in [-0.2, 0) is 6.42 Å². The van der Waals surface area contributed by atoms with Gasteiger partial charge < -0.3 is 5.32 Å². The molecular weight excluding hydrogens is 230 g/mol. The highest BCUT2D eigenvalue weighted by atomic mass is 14.9. The molecule has 0 bridgehead atoms. The van der Waals surface area contributed by atoms with Crippen molar-refractivity contribution in [3.05, 3.63) is 65.2 Å². The SMILES string of the molecule is Cc1ccc(NCCCCc2ccccc2)cc1C. The van der Waals surface area contributed by atoms with Crippen LogP contribution in [0.3, 0.4) is 0 Å². The maximum Gasteiger partial charge on any atom is 0.0342 e. The van der Waals surface area contributed by atoms with Gasteiger partial charge in [-0.15, -0.1) is 0 Å². The minimum Gasteiger partial charge on any atom is -0.385 e. The molecule has 0 radical (unpaired) electrons. The van der Waals surface area contributed by atoms with Crippen molar-refractivity contribution in [3.63, 3.8) is 0 Å². The zero-order valence-electron chi connectivity index (χ0n) is 11.9. The van der Waals surface area contributed by atoms with E-state index >= 15 is 0 Å². The molecule has 0 aliphatic heterocycles. The molecule has 2 aromatic carbocycles. The number of rotatable bonds is 6. The van der Waals surface area contributed by atoms with Gasteiger partial charge in [-0.1, -0.05) is 36.4 Å². The maximum absolute atomic E-state index is 3.50. The maximum atomic E-state index is 3.50. The van der Waals surface area contributed by atoms with E-state index in [0.717, 1.165) is 6.54 Å². The number of benzene rings is 2. The Bertz CT molecular complexity index is 502. The Balaban J connectivity index is 1.68. The van der Waals surface area contributed by atoms with E-state index in [9.17, 15) is 0 Å². The number of aryl methyl sites for hydroxylation is 3. The molecule has 2 aromatic rings. The summed E-state index contributed by atoms with van der Waals surface area (Å²) >= 11 is 0. The summed E-state index contributed by atoms with van der Waals surface area (Å²) in [5.41, 5.74) is 5.39. The topological polar surface area (TPSA) is 12.0 Å². The van der Waals surface area contributed by atoms with Gasteiger partial charge in [-0.3, -0.25) is 0 Å². The third kappa shape index (κ3) is 4.44. The normalized spacial score (nSPS) is 10.4. The average Bonchev–Trinajstić information content (AvgIpc) is 2.43. The van der Waals surface area contributed by atoms with Crippen molar-refractivity contribution < 1.29 is 0 Å². The van der Waals surface area contributed by atoms with Crippen LogP contribution < -0.4 is 5.32 Å². The van der Waals surface area contributed by atoms with Crippen LogP contribution in [0.15, 0.2) is 48.5 Å². The molecule has 0 amide bonds.